The van der Waals surface area contributed by atoms with Crippen LogP contribution in [0.25, 0.3) is 11.5 Å². The van der Waals surface area contributed by atoms with Crippen molar-refractivity contribution in [2.24, 2.45) is 7.05 Å². The number of carbonyl (C=O) groups is 1. The number of aromatic nitrogens is 4. The van der Waals surface area contributed by atoms with Crippen LogP contribution in [-0.4, -0.2) is 30.6 Å². The molecule has 2 aromatic heterocycles. The molecule has 82 valence electrons. The predicted octanol–water partition coefficient (Wildman–Crippen LogP) is -0.131. The molecule has 0 spiro atoms. The zero-order chi connectivity index (χ0) is 11.7. The molecule has 0 aliphatic rings. The lowest BCUT2D eigenvalue weighted by Gasteiger charge is -2.01. The Labute approximate surface area is 89.4 Å². The lowest BCUT2D eigenvalue weighted by Crippen LogP contribution is -2.14. The van der Waals surface area contributed by atoms with Crippen molar-refractivity contribution in [2.75, 3.05) is 0 Å². The third kappa shape index (κ3) is 1.70. The molecule has 0 unspecified atom stereocenters. The molecular formula is C9H8N4O3. The molecule has 0 bridgehead atoms. The van der Waals surface area contributed by atoms with Crippen LogP contribution in [0.1, 0.15) is 10.5 Å². The van der Waals surface area contributed by atoms with E-state index in [1.54, 1.807) is 11.6 Å². The number of aromatic carboxylic acids is 1. The number of H-pyrrole nitrogens is 1. The van der Waals surface area contributed by atoms with E-state index < -0.39 is 11.5 Å². The molecule has 0 radical (unpaired) electrons. The summed E-state index contributed by atoms with van der Waals surface area (Å²) >= 11 is 0. The van der Waals surface area contributed by atoms with Crippen molar-refractivity contribution in [3.63, 3.8) is 0 Å². The number of nitrogens with one attached hydrogen (secondary N) is 1. The zero-order valence-corrected chi connectivity index (χ0v) is 8.34. The summed E-state index contributed by atoms with van der Waals surface area (Å²) in [7, 11) is 1.72. The van der Waals surface area contributed by atoms with Gasteiger partial charge in [0.15, 0.2) is 11.5 Å². The first-order chi connectivity index (χ1) is 7.58. The minimum atomic E-state index is -1.24. The Bertz CT molecular complexity index is 599. The molecule has 2 heterocycles. The van der Waals surface area contributed by atoms with E-state index in [9.17, 15) is 9.59 Å². The third-order valence-corrected chi connectivity index (χ3v) is 2.02. The highest BCUT2D eigenvalue weighted by Crippen LogP contribution is 2.11. The highest BCUT2D eigenvalue weighted by atomic mass is 16.4. The summed E-state index contributed by atoms with van der Waals surface area (Å²) in [5.74, 6) is -1.06. The summed E-state index contributed by atoms with van der Waals surface area (Å²) in [5, 5.41) is 8.76. The number of carboxylic acid groups (broad SMARTS) is 1. The van der Waals surface area contributed by atoms with Gasteiger partial charge >= 0.3 is 5.97 Å². The Balaban J connectivity index is 2.63. The van der Waals surface area contributed by atoms with Crippen LogP contribution < -0.4 is 5.56 Å². The van der Waals surface area contributed by atoms with E-state index in [0.717, 1.165) is 6.07 Å². The monoisotopic (exact) mass is 220 g/mol. The number of imidazole rings is 1. The van der Waals surface area contributed by atoms with Crippen molar-refractivity contribution >= 4 is 5.97 Å². The van der Waals surface area contributed by atoms with Gasteiger partial charge in [-0.15, -0.1) is 0 Å². The fraction of sp³-hybridized carbons (Fsp3) is 0.111. The van der Waals surface area contributed by atoms with Gasteiger partial charge in [-0.25, -0.2) is 14.8 Å². The summed E-state index contributed by atoms with van der Waals surface area (Å²) < 4.78 is 1.63. The van der Waals surface area contributed by atoms with E-state index in [1.165, 1.54) is 12.5 Å². The van der Waals surface area contributed by atoms with Gasteiger partial charge in [-0.2, -0.15) is 0 Å². The number of hydrogen-bond donors (Lipinski definition) is 2. The van der Waals surface area contributed by atoms with Gasteiger partial charge in [0.05, 0.1) is 12.5 Å². The second kappa shape index (κ2) is 3.61. The predicted molar refractivity (Wildman–Crippen MR) is 54.0 cm³/mol. The van der Waals surface area contributed by atoms with Crippen molar-refractivity contribution in [3.05, 3.63) is 34.6 Å². The van der Waals surface area contributed by atoms with Gasteiger partial charge < -0.3 is 14.7 Å². The van der Waals surface area contributed by atoms with Gasteiger partial charge in [0.25, 0.3) is 5.56 Å². The van der Waals surface area contributed by atoms with Gasteiger partial charge in [-0.1, -0.05) is 0 Å². The van der Waals surface area contributed by atoms with Crippen LogP contribution in [0.5, 0.6) is 0 Å². The molecule has 0 aromatic carbocycles. The number of aryl methyl sites for hydroxylation is 1. The Hall–Kier alpha value is -2.44. The van der Waals surface area contributed by atoms with Crippen molar-refractivity contribution in [3.8, 4) is 11.5 Å². The maximum Gasteiger partial charge on any atom is 0.354 e. The number of rotatable bonds is 2. The summed E-state index contributed by atoms with van der Waals surface area (Å²) in [6.07, 6.45) is 3.02. The lowest BCUT2D eigenvalue weighted by atomic mass is 10.3. The van der Waals surface area contributed by atoms with Crippen molar-refractivity contribution in [1.29, 1.82) is 0 Å². The number of hydrogen-bond acceptors (Lipinski definition) is 4. The van der Waals surface area contributed by atoms with Crippen LogP contribution in [0.2, 0.25) is 0 Å². The molecule has 2 aromatic rings. The van der Waals surface area contributed by atoms with Crippen LogP contribution in [-0.2, 0) is 7.05 Å². The highest BCUT2D eigenvalue weighted by Gasteiger charge is 2.11. The molecule has 0 atom stereocenters. The number of carboxylic acids is 1. The minimum absolute atomic E-state index is 0.185. The van der Waals surface area contributed by atoms with E-state index in [-0.39, 0.29) is 11.5 Å². The molecule has 7 heteroatoms. The SMILES string of the molecule is Cn1cncc1-c1nc(C(=O)O)cc(=O)[nH]1. The minimum Gasteiger partial charge on any atom is -0.477 e. The first kappa shape index (κ1) is 10.1. The van der Waals surface area contributed by atoms with Gasteiger partial charge in [0, 0.05) is 13.1 Å². The lowest BCUT2D eigenvalue weighted by molar-refractivity contribution is 0.0690. The fourth-order valence-corrected chi connectivity index (χ4v) is 1.27. The normalized spacial score (nSPS) is 10.3. The summed E-state index contributed by atoms with van der Waals surface area (Å²) in [5.41, 5.74) is -0.260. The fourth-order valence-electron chi connectivity index (χ4n) is 1.27. The van der Waals surface area contributed by atoms with Crippen LogP contribution in [0.4, 0.5) is 0 Å². The Morgan fingerprint density at radius 3 is 2.88 bits per heavy atom. The smallest absolute Gasteiger partial charge is 0.354 e. The molecule has 7 nitrogen and oxygen atoms in total. The Kier molecular flexibility index (Phi) is 2.28. The largest absolute Gasteiger partial charge is 0.477 e. The second-order valence-electron chi connectivity index (χ2n) is 3.17. The van der Waals surface area contributed by atoms with E-state index in [4.69, 9.17) is 5.11 Å². The van der Waals surface area contributed by atoms with E-state index in [2.05, 4.69) is 15.0 Å². The van der Waals surface area contributed by atoms with Gasteiger partial charge in [-0.3, -0.25) is 4.79 Å². The number of nitrogens with zero attached hydrogens (tertiary/aromatic N) is 3. The summed E-state index contributed by atoms with van der Waals surface area (Å²) in [4.78, 5) is 32.1. The molecule has 0 saturated carbocycles. The second-order valence-corrected chi connectivity index (χ2v) is 3.17. The molecule has 16 heavy (non-hydrogen) atoms. The molecule has 0 aliphatic carbocycles. The van der Waals surface area contributed by atoms with Crippen molar-refractivity contribution in [1.82, 2.24) is 19.5 Å². The third-order valence-electron chi connectivity index (χ3n) is 2.02. The van der Waals surface area contributed by atoms with Crippen LogP contribution >= 0.6 is 0 Å². The maximum atomic E-state index is 11.2. The van der Waals surface area contributed by atoms with Gasteiger partial charge in [0.1, 0.15) is 5.69 Å². The van der Waals surface area contributed by atoms with Crippen LogP contribution in [0.3, 0.4) is 0 Å². The highest BCUT2D eigenvalue weighted by molar-refractivity contribution is 5.85. The van der Waals surface area contributed by atoms with Crippen molar-refractivity contribution < 1.29 is 9.90 Å². The zero-order valence-electron chi connectivity index (χ0n) is 8.34. The van der Waals surface area contributed by atoms with Gasteiger partial charge in [-0.05, 0) is 0 Å². The van der Waals surface area contributed by atoms with Crippen LogP contribution in [0, 0.1) is 0 Å². The van der Waals surface area contributed by atoms with E-state index >= 15 is 0 Å². The quantitative estimate of drug-likeness (QED) is 0.734. The standard InChI is InChI=1S/C9H8N4O3/c1-13-4-10-3-6(13)8-11-5(9(15)16)2-7(14)12-8/h2-4H,1H3,(H,15,16)(H,11,12,14). The van der Waals surface area contributed by atoms with E-state index in [1.807, 2.05) is 0 Å². The molecule has 0 fully saturated rings. The summed E-state index contributed by atoms with van der Waals surface area (Å²) in [6, 6.07) is 0.933. The maximum absolute atomic E-state index is 11.2. The first-order valence-corrected chi connectivity index (χ1v) is 4.39. The molecule has 0 aliphatic heterocycles. The average molecular weight is 220 g/mol. The summed E-state index contributed by atoms with van der Waals surface area (Å²) in [6.45, 7) is 0. The topological polar surface area (TPSA) is 101 Å². The Morgan fingerprint density at radius 1 is 1.56 bits per heavy atom. The molecular weight excluding hydrogens is 212 g/mol. The van der Waals surface area contributed by atoms with Crippen LogP contribution in [0.15, 0.2) is 23.4 Å². The van der Waals surface area contributed by atoms with E-state index in [0.29, 0.717) is 5.69 Å². The van der Waals surface area contributed by atoms with Gasteiger partial charge in [0.2, 0.25) is 0 Å². The first-order valence-electron chi connectivity index (χ1n) is 4.39. The Morgan fingerprint density at radius 2 is 2.31 bits per heavy atom. The molecule has 2 N–H and O–H groups in total. The number of aromatic amines is 1. The molecule has 0 saturated heterocycles. The van der Waals surface area contributed by atoms with Crippen molar-refractivity contribution in [2.45, 2.75) is 0 Å². The molecule has 2 rings (SSSR count). The average Bonchev–Trinajstić information content (AvgIpc) is 2.63. The molecule has 0 amide bonds.